The highest BCUT2D eigenvalue weighted by Crippen LogP contribution is 2.33. The van der Waals surface area contributed by atoms with E-state index in [2.05, 4.69) is 40.3 Å². The first-order valence-corrected chi connectivity index (χ1v) is 11.6. The van der Waals surface area contributed by atoms with Crippen LogP contribution in [0.1, 0.15) is 52.2 Å². The van der Waals surface area contributed by atoms with Gasteiger partial charge in [-0.25, -0.2) is 5.01 Å². The van der Waals surface area contributed by atoms with Crippen molar-refractivity contribution in [3.05, 3.63) is 93.1 Å². The van der Waals surface area contributed by atoms with Crippen molar-refractivity contribution in [1.82, 2.24) is 10.4 Å². The van der Waals surface area contributed by atoms with Gasteiger partial charge in [0.2, 0.25) is 0 Å². The van der Waals surface area contributed by atoms with Gasteiger partial charge in [0.15, 0.2) is 0 Å². The number of amides is 2. The van der Waals surface area contributed by atoms with Gasteiger partial charge >= 0.3 is 0 Å². The third-order valence-electron chi connectivity index (χ3n) is 5.20. The average Bonchev–Trinajstić information content (AvgIpc) is 2.82. The summed E-state index contributed by atoms with van der Waals surface area (Å²) in [7, 11) is 0. The second-order valence-corrected chi connectivity index (χ2v) is 8.74. The summed E-state index contributed by atoms with van der Waals surface area (Å²) < 4.78 is 6.61. The van der Waals surface area contributed by atoms with Crippen LogP contribution in [0.5, 0.6) is 5.75 Å². The van der Waals surface area contributed by atoms with Crippen LogP contribution in [0.4, 0.5) is 5.69 Å². The normalized spacial score (nSPS) is 15.0. The summed E-state index contributed by atoms with van der Waals surface area (Å²) in [6.07, 6.45) is 1.51. The lowest BCUT2D eigenvalue weighted by Gasteiger charge is -2.37. The fraction of sp³-hybridized carbons (Fsp3) is 0.200. The molecule has 1 aliphatic heterocycles. The fourth-order valence-corrected chi connectivity index (χ4v) is 3.96. The van der Waals surface area contributed by atoms with E-state index in [1.54, 1.807) is 24.3 Å². The number of ether oxygens (including phenoxy) is 1. The summed E-state index contributed by atoms with van der Waals surface area (Å²) in [5, 5.41) is 4.75. The highest BCUT2D eigenvalue weighted by atomic mass is 127. The van der Waals surface area contributed by atoms with Gasteiger partial charge in [-0.1, -0.05) is 43.7 Å². The molecule has 0 radical (unpaired) electrons. The zero-order chi connectivity index (χ0) is 22.5. The maximum absolute atomic E-state index is 13.4. The van der Waals surface area contributed by atoms with E-state index in [4.69, 9.17) is 4.74 Å². The molecule has 164 valence electrons. The van der Waals surface area contributed by atoms with Gasteiger partial charge in [-0.05, 0) is 77.0 Å². The molecule has 2 amide bonds. The Balaban J connectivity index is 1.58. The van der Waals surface area contributed by atoms with Crippen LogP contribution in [-0.2, 0) is 0 Å². The molecule has 7 heteroatoms. The predicted octanol–water partition coefficient (Wildman–Crippen LogP) is 5.38. The molecule has 1 unspecified atom stereocenters. The van der Waals surface area contributed by atoms with Crippen LogP contribution in [-0.4, -0.2) is 23.4 Å². The molecule has 32 heavy (non-hydrogen) atoms. The maximum atomic E-state index is 13.4. The van der Waals surface area contributed by atoms with Crippen LogP contribution in [0.2, 0.25) is 0 Å². The number of hydrogen-bond acceptors (Lipinski definition) is 4. The molecule has 1 heterocycles. The van der Waals surface area contributed by atoms with E-state index >= 15 is 0 Å². The van der Waals surface area contributed by atoms with Crippen LogP contribution in [0.3, 0.4) is 0 Å². The zero-order valence-corrected chi connectivity index (χ0v) is 19.8. The number of nitrogens with one attached hydrogen (secondary N) is 2. The molecule has 3 aromatic carbocycles. The quantitative estimate of drug-likeness (QED) is 0.311. The predicted molar refractivity (Wildman–Crippen MR) is 132 cm³/mol. The Labute approximate surface area is 201 Å². The minimum atomic E-state index is -0.531. The molecule has 0 aromatic heterocycles. The highest BCUT2D eigenvalue weighted by molar-refractivity contribution is 14.1. The van der Waals surface area contributed by atoms with E-state index in [1.165, 1.54) is 5.01 Å². The van der Waals surface area contributed by atoms with Crippen molar-refractivity contribution < 1.29 is 14.3 Å². The SMILES string of the molecule is CCCCOc1ccc(C(=O)NN2C(=O)c3cc(I)ccc3NC2c2ccccc2)cc1. The largest absolute Gasteiger partial charge is 0.494 e. The number of fused-ring (bicyclic) bond motifs is 1. The Morgan fingerprint density at radius 1 is 1.09 bits per heavy atom. The fourth-order valence-electron chi connectivity index (χ4n) is 3.47. The minimum absolute atomic E-state index is 0.265. The third kappa shape index (κ3) is 4.88. The van der Waals surface area contributed by atoms with Gasteiger partial charge in [-0.15, -0.1) is 0 Å². The number of carbonyl (C=O) groups is 2. The number of carbonyl (C=O) groups excluding carboxylic acids is 2. The van der Waals surface area contributed by atoms with Crippen molar-refractivity contribution in [2.45, 2.75) is 25.9 Å². The number of halogens is 1. The third-order valence-corrected chi connectivity index (χ3v) is 5.87. The molecule has 3 aromatic rings. The zero-order valence-electron chi connectivity index (χ0n) is 17.7. The van der Waals surface area contributed by atoms with Crippen LogP contribution in [0.25, 0.3) is 0 Å². The van der Waals surface area contributed by atoms with Crippen molar-refractivity contribution in [3.8, 4) is 5.75 Å². The first-order chi connectivity index (χ1) is 15.6. The molecule has 0 saturated carbocycles. The Kier molecular flexibility index (Phi) is 6.94. The first kappa shape index (κ1) is 22.1. The molecule has 6 nitrogen and oxygen atoms in total. The van der Waals surface area contributed by atoms with E-state index < -0.39 is 6.17 Å². The summed E-state index contributed by atoms with van der Waals surface area (Å²) >= 11 is 2.17. The lowest BCUT2D eigenvalue weighted by Crippen LogP contribution is -2.52. The van der Waals surface area contributed by atoms with E-state index in [0.29, 0.717) is 17.7 Å². The molecule has 0 saturated heterocycles. The second-order valence-electron chi connectivity index (χ2n) is 7.49. The molecule has 1 atom stereocenters. The lowest BCUT2D eigenvalue weighted by atomic mass is 10.0. The molecule has 0 spiro atoms. The standard InChI is InChI=1S/C25H24IN3O3/c1-2-3-15-32-20-12-9-18(10-13-20)24(30)28-29-23(17-7-5-4-6-8-17)27-22-14-11-19(26)16-21(22)25(29)31/h4-14,16,23,27H,2-3,15H2,1H3,(H,28,30). The number of hydrogen-bond donors (Lipinski definition) is 2. The van der Waals surface area contributed by atoms with Gasteiger partial charge in [-0.2, -0.15) is 0 Å². The topological polar surface area (TPSA) is 70.7 Å². The molecule has 2 N–H and O–H groups in total. The number of anilines is 1. The first-order valence-electron chi connectivity index (χ1n) is 10.5. The summed E-state index contributed by atoms with van der Waals surface area (Å²) in [5.74, 6) is 0.0886. The maximum Gasteiger partial charge on any atom is 0.276 e. The van der Waals surface area contributed by atoms with E-state index in [-0.39, 0.29) is 11.8 Å². The van der Waals surface area contributed by atoms with Crippen LogP contribution < -0.4 is 15.5 Å². The number of benzene rings is 3. The van der Waals surface area contributed by atoms with E-state index in [0.717, 1.165) is 33.4 Å². The Hall–Kier alpha value is -3.07. The van der Waals surface area contributed by atoms with Crippen molar-refractivity contribution in [1.29, 1.82) is 0 Å². The van der Waals surface area contributed by atoms with Crippen molar-refractivity contribution >= 4 is 40.1 Å². The van der Waals surface area contributed by atoms with Crippen molar-refractivity contribution in [3.63, 3.8) is 0 Å². The molecule has 0 bridgehead atoms. The molecular formula is C25H24IN3O3. The summed E-state index contributed by atoms with van der Waals surface area (Å²) in [5.41, 5.74) is 5.37. The van der Waals surface area contributed by atoms with Crippen LogP contribution in [0.15, 0.2) is 72.8 Å². The Morgan fingerprint density at radius 2 is 1.84 bits per heavy atom. The van der Waals surface area contributed by atoms with Crippen LogP contribution >= 0.6 is 22.6 Å². The lowest BCUT2D eigenvalue weighted by molar-refractivity contribution is 0.0491. The van der Waals surface area contributed by atoms with Gasteiger partial charge in [0, 0.05) is 14.8 Å². The van der Waals surface area contributed by atoms with E-state index in [9.17, 15) is 9.59 Å². The molecular weight excluding hydrogens is 517 g/mol. The van der Waals surface area contributed by atoms with Gasteiger partial charge in [0.05, 0.1) is 12.2 Å². The van der Waals surface area contributed by atoms with Crippen molar-refractivity contribution in [2.24, 2.45) is 0 Å². The smallest absolute Gasteiger partial charge is 0.276 e. The minimum Gasteiger partial charge on any atom is -0.494 e. The molecule has 0 aliphatic carbocycles. The van der Waals surface area contributed by atoms with E-state index in [1.807, 2.05) is 48.5 Å². The number of unbranched alkanes of at least 4 members (excludes halogenated alkanes) is 1. The van der Waals surface area contributed by atoms with Gasteiger partial charge in [0.25, 0.3) is 11.8 Å². The number of nitrogens with zero attached hydrogens (tertiary/aromatic N) is 1. The summed E-state index contributed by atoms with van der Waals surface area (Å²) in [6, 6.07) is 22.2. The molecule has 0 fully saturated rings. The molecule has 4 rings (SSSR count). The average molecular weight is 541 g/mol. The van der Waals surface area contributed by atoms with Crippen LogP contribution in [0, 0.1) is 3.57 Å². The summed E-state index contributed by atoms with van der Waals surface area (Å²) in [6.45, 7) is 2.75. The monoisotopic (exact) mass is 541 g/mol. The van der Waals surface area contributed by atoms with Gasteiger partial charge in [0.1, 0.15) is 11.9 Å². The summed E-state index contributed by atoms with van der Waals surface area (Å²) in [4.78, 5) is 26.4. The Bertz CT molecular complexity index is 1100. The Morgan fingerprint density at radius 3 is 2.56 bits per heavy atom. The molecule has 1 aliphatic rings. The number of hydrazine groups is 1. The van der Waals surface area contributed by atoms with Gasteiger partial charge in [-0.3, -0.25) is 15.0 Å². The number of rotatable bonds is 7. The highest BCUT2D eigenvalue weighted by Gasteiger charge is 2.34. The van der Waals surface area contributed by atoms with Gasteiger partial charge < -0.3 is 10.1 Å². The second kappa shape index (κ2) is 10.0. The van der Waals surface area contributed by atoms with Crippen molar-refractivity contribution in [2.75, 3.05) is 11.9 Å².